The molecule has 1 N–H and O–H groups in total. The molecule has 7 nitrogen and oxygen atoms in total. The van der Waals surface area contributed by atoms with Gasteiger partial charge in [0.2, 0.25) is 5.91 Å². The zero-order valence-corrected chi connectivity index (χ0v) is 18.9. The van der Waals surface area contributed by atoms with Gasteiger partial charge in [-0.05, 0) is 51.1 Å². The zero-order valence-electron chi connectivity index (χ0n) is 17.3. The number of hydrogen-bond acceptors (Lipinski definition) is 5. The minimum Gasteiger partial charge on any atom is -0.322 e. The van der Waals surface area contributed by atoms with Gasteiger partial charge in [0.1, 0.15) is 6.33 Å². The molecule has 4 rings (SSSR count). The number of rotatable bonds is 6. The Morgan fingerprint density at radius 1 is 1.10 bits per heavy atom. The Balaban J connectivity index is 1.46. The van der Waals surface area contributed by atoms with E-state index >= 15 is 0 Å². The average molecular weight is 453 g/mol. The van der Waals surface area contributed by atoms with Crippen LogP contribution in [0.25, 0.3) is 11.4 Å². The van der Waals surface area contributed by atoms with Gasteiger partial charge in [-0.1, -0.05) is 47.1 Å². The first kappa shape index (κ1) is 21.1. The largest absolute Gasteiger partial charge is 0.322 e. The molecule has 0 saturated heterocycles. The highest BCUT2D eigenvalue weighted by Gasteiger charge is 2.16. The summed E-state index contributed by atoms with van der Waals surface area (Å²) in [7, 11) is 0. The Kier molecular flexibility index (Phi) is 6.11. The van der Waals surface area contributed by atoms with Crippen LogP contribution in [0.15, 0.2) is 60.0 Å². The molecule has 0 aliphatic rings. The molecule has 0 spiro atoms. The number of anilines is 1. The van der Waals surface area contributed by atoms with Crippen LogP contribution in [-0.4, -0.2) is 36.2 Å². The lowest BCUT2D eigenvalue weighted by atomic mass is 10.2. The molecule has 0 saturated carbocycles. The van der Waals surface area contributed by atoms with Gasteiger partial charge in [-0.25, -0.2) is 4.68 Å². The molecule has 4 aromatic rings. The minimum absolute atomic E-state index is 0.139. The number of aryl methyl sites for hydroxylation is 2. The second-order valence-electron chi connectivity index (χ2n) is 7.09. The maximum Gasteiger partial charge on any atom is 0.234 e. The van der Waals surface area contributed by atoms with Crippen molar-refractivity contribution in [1.29, 1.82) is 0 Å². The van der Waals surface area contributed by atoms with Crippen molar-refractivity contribution in [2.24, 2.45) is 0 Å². The molecule has 0 atom stereocenters. The molecular weight excluding hydrogens is 432 g/mol. The monoisotopic (exact) mass is 452 g/mol. The summed E-state index contributed by atoms with van der Waals surface area (Å²) in [6.45, 7) is 5.87. The third kappa shape index (κ3) is 4.65. The number of thioether (sulfide) groups is 1. The van der Waals surface area contributed by atoms with E-state index < -0.39 is 0 Å². The topological polar surface area (TPSA) is 77.6 Å². The van der Waals surface area contributed by atoms with Crippen LogP contribution in [-0.2, 0) is 4.79 Å². The van der Waals surface area contributed by atoms with Gasteiger partial charge in [0.05, 0.1) is 34.2 Å². The number of halogens is 1. The van der Waals surface area contributed by atoms with E-state index in [0.717, 1.165) is 28.5 Å². The lowest BCUT2D eigenvalue weighted by Gasteiger charge is -2.08. The van der Waals surface area contributed by atoms with Crippen molar-refractivity contribution in [3.8, 4) is 11.4 Å². The van der Waals surface area contributed by atoms with E-state index in [-0.39, 0.29) is 11.7 Å². The van der Waals surface area contributed by atoms with Crippen LogP contribution in [0.4, 0.5) is 5.69 Å². The van der Waals surface area contributed by atoms with Crippen LogP contribution in [0, 0.1) is 20.8 Å². The normalized spacial score (nSPS) is 11.0. The van der Waals surface area contributed by atoms with E-state index in [4.69, 9.17) is 11.6 Å². The fourth-order valence-corrected chi connectivity index (χ4v) is 4.11. The molecule has 2 aromatic heterocycles. The van der Waals surface area contributed by atoms with Crippen molar-refractivity contribution in [2.75, 3.05) is 11.1 Å². The number of nitrogens with one attached hydrogen (secondary N) is 1. The maximum atomic E-state index is 12.7. The zero-order chi connectivity index (χ0) is 22.0. The van der Waals surface area contributed by atoms with E-state index in [9.17, 15) is 4.79 Å². The molecular formula is C22H21ClN6OS. The van der Waals surface area contributed by atoms with Gasteiger partial charge in [0, 0.05) is 5.02 Å². The number of carbonyl (C=O) groups is 1. The van der Waals surface area contributed by atoms with Crippen molar-refractivity contribution in [3.05, 3.63) is 76.8 Å². The predicted molar refractivity (Wildman–Crippen MR) is 123 cm³/mol. The lowest BCUT2D eigenvalue weighted by molar-refractivity contribution is -0.113. The van der Waals surface area contributed by atoms with Crippen molar-refractivity contribution in [3.63, 3.8) is 0 Å². The average Bonchev–Trinajstić information content (AvgIpc) is 3.33. The summed E-state index contributed by atoms with van der Waals surface area (Å²) in [4.78, 5) is 12.7. The Bertz CT molecular complexity index is 1230. The minimum atomic E-state index is -0.139. The van der Waals surface area contributed by atoms with E-state index in [2.05, 4.69) is 20.6 Å². The standard InChI is InChI=1S/C22H21ClN6OS/c1-14-7-9-18(10-8-14)29-16(3)21(15(2)27-29)25-20(30)12-31-22-26-24-13-28(22)19-6-4-5-17(23)11-19/h4-11,13H,12H2,1-3H3,(H,25,30). The lowest BCUT2D eigenvalue weighted by Crippen LogP contribution is -2.15. The summed E-state index contributed by atoms with van der Waals surface area (Å²) in [5, 5.41) is 16.9. The number of hydrogen-bond donors (Lipinski definition) is 1. The number of aromatic nitrogens is 5. The molecule has 0 bridgehead atoms. The third-order valence-corrected chi connectivity index (χ3v) is 5.95. The molecule has 0 unspecified atom stereocenters. The third-order valence-electron chi connectivity index (χ3n) is 4.77. The van der Waals surface area contributed by atoms with Crippen LogP contribution in [0.5, 0.6) is 0 Å². The number of nitrogens with zero attached hydrogens (tertiary/aromatic N) is 5. The second-order valence-corrected chi connectivity index (χ2v) is 8.47. The first-order valence-corrected chi connectivity index (χ1v) is 11.0. The Labute approximate surface area is 189 Å². The molecule has 2 aromatic carbocycles. The number of benzene rings is 2. The van der Waals surface area contributed by atoms with Crippen LogP contribution in [0.1, 0.15) is 17.0 Å². The Morgan fingerprint density at radius 2 is 1.87 bits per heavy atom. The van der Waals surface area contributed by atoms with Gasteiger partial charge in [-0.2, -0.15) is 5.10 Å². The molecule has 158 valence electrons. The van der Waals surface area contributed by atoms with E-state index in [1.165, 1.54) is 17.3 Å². The smallest absolute Gasteiger partial charge is 0.234 e. The maximum absolute atomic E-state index is 12.7. The summed E-state index contributed by atoms with van der Waals surface area (Å²) in [5.41, 5.74) is 5.34. The molecule has 31 heavy (non-hydrogen) atoms. The van der Waals surface area contributed by atoms with Gasteiger partial charge in [0.15, 0.2) is 5.16 Å². The SMILES string of the molecule is Cc1ccc(-n2nc(C)c(NC(=O)CSc3nncn3-c3cccc(Cl)c3)c2C)cc1. The van der Waals surface area contributed by atoms with E-state index in [0.29, 0.717) is 10.2 Å². The molecule has 9 heteroatoms. The predicted octanol–water partition coefficient (Wildman–Crippen LogP) is 4.76. The fourth-order valence-electron chi connectivity index (χ4n) is 3.19. The summed E-state index contributed by atoms with van der Waals surface area (Å²) < 4.78 is 3.64. The van der Waals surface area contributed by atoms with Crippen molar-refractivity contribution >= 4 is 35.0 Å². The molecule has 1 amide bonds. The molecule has 0 radical (unpaired) electrons. The quantitative estimate of drug-likeness (QED) is 0.426. The number of amides is 1. The van der Waals surface area contributed by atoms with Gasteiger partial charge in [-0.3, -0.25) is 9.36 Å². The summed E-state index contributed by atoms with van der Waals surface area (Å²) >= 11 is 7.39. The highest BCUT2D eigenvalue weighted by molar-refractivity contribution is 7.99. The van der Waals surface area contributed by atoms with Crippen molar-refractivity contribution < 1.29 is 4.79 Å². The molecule has 0 aliphatic heterocycles. The first-order valence-electron chi connectivity index (χ1n) is 9.64. The van der Waals surface area contributed by atoms with Gasteiger partial charge in [-0.15, -0.1) is 10.2 Å². The molecule has 0 fully saturated rings. The summed E-state index contributed by atoms with van der Waals surface area (Å²) in [6.07, 6.45) is 1.60. The van der Waals surface area contributed by atoms with E-state index in [1.807, 2.05) is 67.9 Å². The second kappa shape index (κ2) is 8.95. The highest BCUT2D eigenvalue weighted by Crippen LogP contribution is 2.25. The van der Waals surface area contributed by atoms with Crippen molar-refractivity contribution in [2.45, 2.75) is 25.9 Å². The fraction of sp³-hybridized carbons (Fsp3) is 0.182. The summed E-state index contributed by atoms with van der Waals surface area (Å²) in [5.74, 6) is 0.0497. The van der Waals surface area contributed by atoms with Crippen LogP contribution >= 0.6 is 23.4 Å². The van der Waals surface area contributed by atoms with Crippen LogP contribution in [0.2, 0.25) is 5.02 Å². The van der Waals surface area contributed by atoms with Crippen LogP contribution in [0.3, 0.4) is 0 Å². The van der Waals surface area contributed by atoms with Gasteiger partial charge in [0.25, 0.3) is 0 Å². The van der Waals surface area contributed by atoms with E-state index in [1.54, 1.807) is 17.0 Å². The Hall–Kier alpha value is -3.10. The van der Waals surface area contributed by atoms with Gasteiger partial charge < -0.3 is 5.32 Å². The molecule has 2 heterocycles. The Morgan fingerprint density at radius 3 is 2.61 bits per heavy atom. The van der Waals surface area contributed by atoms with Gasteiger partial charge >= 0.3 is 0 Å². The summed E-state index contributed by atoms with van der Waals surface area (Å²) in [6, 6.07) is 15.5. The van der Waals surface area contributed by atoms with Crippen LogP contribution < -0.4 is 5.32 Å². The number of carbonyl (C=O) groups excluding carboxylic acids is 1. The first-order chi connectivity index (χ1) is 14.9. The molecule has 0 aliphatic carbocycles. The highest BCUT2D eigenvalue weighted by atomic mass is 35.5. The van der Waals surface area contributed by atoms with Crippen molar-refractivity contribution in [1.82, 2.24) is 24.5 Å².